The number of carbonyl (C=O) groups is 1. The lowest BCUT2D eigenvalue weighted by Crippen LogP contribution is -2.35. The number of aryl methyl sites for hydroxylation is 1. The van der Waals surface area contributed by atoms with E-state index in [0.29, 0.717) is 11.3 Å². The van der Waals surface area contributed by atoms with Crippen LogP contribution in [0.3, 0.4) is 0 Å². The molecule has 0 saturated carbocycles. The normalized spacial score (nSPS) is 12.6. The number of benzene rings is 1. The second-order valence-corrected chi connectivity index (χ2v) is 8.95. The van der Waals surface area contributed by atoms with Crippen LogP contribution in [0.15, 0.2) is 28.5 Å². The summed E-state index contributed by atoms with van der Waals surface area (Å²) in [7, 11) is -3.94. The van der Waals surface area contributed by atoms with Crippen LogP contribution in [-0.4, -0.2) is 33.3 Å². The van der Waals surface area contributed by atoms with E-state index in [-0.39, 0.29) is 21.0 Å². The summed E-state index contributed by atoms with van der Waals surface area (Å²) in [5.41, 5.74) is 0.435. The zero-order chi connectivity index (χ0) is 20.2. The van der Waals surface area contributed by atoms with Crippen molar-refractivity contribution in [1.29, 1.82) is 5.41 Å². The maximum Gasteiger partial charge on any atom is 0.256 e. The molecule has 1 heterocycles. The minimum Gasteiger partial charge on any atom is -0.322 e. The maximum absolute atomic E-state index is 13.4. The van der Waals surface area contributed by atoms with E-state index in [9.17, 15) is 22.0 Å². The van der Waals surface area contributed by atoms with Crippen LogP contribution in [0.25, 0.3) is 0 Å². The molecule has 3 N–H and O–H groups in total. The zero-order valence-electron chi connectivity index (χ0n) is 14.7. The Morgan fingerprint density at radius 2 is 2.07 bits per heavy atom. The van der Waals surface area contributed by atoms with Gasteiger partial charge in [0.05, 0.1) is 11.6 Å². The third-order valence-electron chi connectivity index (χ3n) is 3.81. The minimum atomic E-state index is -3.94. The summed E-state index contributed by atoms with van der Waals surface area (Å²) in [6.07, 6.45) is 1.12. The quantitative estimate of drug-likeness (QED) is 0.576. The molecule has 2 rings (SSSR count). The first-order valence-corrected chi connectivity index (χ1v) is 10.3. The molecule has 2 aromatic rings. The van der Waals surface area contributed by atoms with Gasteiger partial charge in [0.2, 0.25) is 10.0 Å². The molecular weight excluding hydrogens is 396 g/mol. The molecule has 0 saturated heterocycles. The van der Waals surface area contributed by atoms with Crippen molar-refractivity contribution in [2.24, 2.45) is 0 Å². The summed E-state index contributed by atoms with van der Waals surface area (Å²) in [5, 5.41) is 9.70. The molecule has 10 heteroatoms. The molecule has 146 valence electrons. The molecular formula is C17H19F2N3O3S2. The number of halogens is 2. The van der Waals surface area contributed by atoms with Crippen LogP contribution in [0.5, 0.6) is 0 Å². The van der Waals surface area contributed by atoms with Crippen molar-refractivity contribution in [3.63, 3.8) is 0 Å². The van der Waals surface area contributed by atoms with Gasteiger partial charge in [0.15, 0.2) is 0 Å². The molecule has 0 aliphatic heterocycles. The highest BCUT2D eigenvalue weighted by Gasteiger charge is 2.24. The number of alkyl halides is 1. The Balaban J connectivity index is 2.25. The molecule has 0 bridgehead atoms. The lowest BCUT2D eigenvalue weighted by atomic mass is 10.2. The molecule has 0 fully saturated rings. The highest BCUT2D eigenvalue weighted by atomic mass is 32.2. The Morgan fingerprint density at radius 1 is 1.37 bits per heavy atom. The van der Waals surface area contributed by atoms with E-state index in [1.165, 1.54) is 18.2 Å². The number of amides is 1. The number of rotatable bonds is 8. The predicted octanol–water partition coefficient (Wildman–Crippen LogP) is 3.47. The average molecular weight is 415 g/mol. The summed E-state index contributed by atoms with van der Waals surface area (Å²) >= 11 is 0.903. The van der Waals surface area contributed by atoms with Gasteiger partial charge in [-0.25, -0.2) is 21.9 Å². The fraction of sp³-hybridized carbons (Fsp3) is 0.294. The average Bonchev–Trinajstić information content (AvgIpc) is 3.04. The molecule has 1 atom stereocenters. The first kappa shape index (κ1) is 21.1. The smallest absolute Gasteiger partial charge is 0.256 e. The minimum absolute atomic E-state index is 0.0131. The van der Waals surface area contributed by atoms with E-state index in [1.54, 1.807) is 13.8 Å². The van der Waals surface area contributed by atoms with Gasteiger partial charge < -0.3 is 10.7 Å². The van der Waals surface area contributed by atoms with Crippen LogP contribution in [0.1, 0.15) is 34.1 Å². The number of hydrogen-bond acceptors (Lipinski definition) is 5. The molecule has 0 radical (unpaired) electrons. The standard InChI is InChI=1S/C17H19F2N3O3S2/c1-3-12(8-18)22-27(24,25)16-7-14(10(2)26-16)17(23)21-13-4-5-15(19)11(6-13)9-20/h4-7,9,12,20,22H,3,8H2,1-2H3,(H,21,23). The van der Waals surface area contributed by atoms with E-state index in [0.717, 1.165) is 23.6 Å². The van der Waals surface area contributed by atoms with Gasteiger partial charge >= 0.3 is 0 Å². The monoisotopic (exact) mass is 415 g/mol. The number of sulfonamides is 1. The summed E-state index contributed by atoms with van der Waals surface area (Å²) in [5.74, 6) is -1.15. The molecule has 0 spiro atoms. The first-order valence-electron chi connectivity index (χ1n) is 8.02. The van der Waals surface area contributed by atoms with Crippen molar-refractivity contribution in [2.45, 2.75) is 30.5 Å². The van der Waals surface area contributed by atoms with Crippen LogP contribution in [0, 0.1) is 18.2 Å². The van der Waals surface area contributed by atoms with Crippen LogP contribution in [0.4, 0.5) is 14.5 Å². The second-order valence-electron chi connectivity index (χ2n) is 5.75. The van der Waals surface area contributed by atoms with E-state index < -0.39 is 34.5 Å². The Labute approximate surface area is 160 Å². The topological polar surface area (TPSA) is 99.1 Å². The highest BCUT2D eigenvalue weighted by molar-refractivity contribution is 7.91. The van der Waals surface area contributed by atoms with E-state index in [4.69, 9.17) is 5.41 Å². The number of hydrogen-bond donors (Lipinski definition) is 3. The van der Waals surface area contributed by atoms with Crippen LogP contribution in [0.2, 0.25) is 0 Å². The van der Waals surface area contributed by atoms with Crippen molar-refractivity contribution in [1.82, 2.24) is 4.72 Å². The van der Waals surface area contributed by atoms with Crippen molar-refractivity contribution in [2.75, 3.05) is 12.0 Å². The van der Waals surface area contributed by atoms with Crippen molar-refractivity contribution >= 4 is 39.2 Å². The van der Waals surface area contributed by atoms with Gasteiger partial charge in [-0.1, -0.05) is 6.92 Å². The zero-order valence-corrected chi connectivity index (χ0v) is 16.3. The van der Waals surface area contributed by atoms with Gasteiger partial charge in [-0.15, -0.1) is 11.3 Å². The largest absolute Gasteiger partial charge is 0.322 e. The van der Waals surface area contributed by atoms with E-state index in [2.05, 4.69) is 10.0 Å². The maximum atomic E-state index is 13.4. The van der Waals surface area contributed by atoms with Gasteiger partial charge in [0.1, 0.15) is 16.7 Å². The number of carbonyl (C=O) groups excluding carboxylic acids is 1. The van der Waals surface area contributed by atoms with Gasteiger partial charge in [-0.3, -0.25) is 4.79 Å². The summed E-state index contributed by atoms with van der Waals surface area (Å²) in [4.78, 5) is 12.9. The number of thiophene rings is 1. The van der Waals surface area contributed by atoms with Crippen molar-refractivity contribution in [3.8, 4) is 0 Å². The summed E-state index contributed by atoms with van der Waals surface area (Å²) in [6.45, 7) is 2.43. The lowest BCUT2D eigenvalue weighted by Gasteiger charge is -2.12. The van der Waals surface area contributed by atoms with Gasteiger partial charge in [0, 0.05) is 22.3 Å². The van der Waals surface area contributed by atoms with Crippen LogP contribution >= 0.6 is 11.3 Å². The molecule has 1 aromatic heterocycles. The van der Waals surface area contributed by atoms with Crippen molar-refractivity contribution < 1.29 is 22.0 Å². The number of anilines is 1. The Hall–Kier alpha value is -2.17. The molecule has 0 aliphatic carbocycles. The SMILES string of the molecule is CCC(CF)NS(=O)(=O)c1cc(C(=O)Nc2ccc(F)c(C=N)c2)c(C)s1. The lowest BCUT2D eigenvalue weighted by molar-refractivity contribution is 0.102. The molecule has 6 nitrogen and oxygen atoms in total. The molecule has 1 aromatic carbocycles. The molecule has 1 unspecified atom stereocenters. The van der Waals surface area contributed by atoms with Gasteiger partial charge in [-0.05, 0) is 37.6 Å². The summed E-state index contributed by atoms with van der Waals surface area (Å²) in [6, 6.07) is 4.16. The molecule has 0 aliphatic rings. The van der Waals surface area contributed by atoms with E-state index >= 15 is 0 Å². The Morgan fingerprint density at radius 3 is 2.67 bits per heavy atom. The fourth-order valence-electron chi connectivity index (χ4n) is 2.24. The predicted molar refractivity (Wildman–Crippen MR) is 102 cm³/mol. The highest BCUT2D eigenvalue weighted by Crippen LogP contribution is 2.27. The molecule has 1 amide bonds. The van der Waals surface area contributed by atoms with Crippen LogP contribution in [-0.2, 0) is 10.0 Å². The Bertz CT molecular complexity index is 954. The summed E-state index contributed by atoms with van der Waals surface area (Å²) < 4.78 is 53.2. The fourth-order valence-corrected chi connectivity index (χ4v) is 5.00. The first-order chi connectivity index (χ1) is 12.7. The third-order valence-corrected chi connectivity index (χ3v) is 6.86. The van der Waals surface area contributed by atoms with Gasteiger partial charge in [-0.2, -0.15) is 0 Å². The second kappa shape index (κ2) is 8.68. The molecule has 27 heavy (non-hydrogen) atoms. The third kappa shape index (κ3) is 4.96. The van der Waals surface area contributed by atoms with Crippen molar-refractivity contribution in [3.05, 3.63) is 46.1 Å². The Kier molecular flexibility index (Phi) is 6.79. The van der Waals surface area contributed by atoms with E-state index in [1.807, 2.05) is 0 Å². The number of nitrogens with one attached hydrogen (secondary N) is 3. The van der Waals surface area contributed by atoms with Gasteiger partial charge in [0.25, 0.3) is 5.91 Å². The van der Waals surface area contributed by atoms with Crippen LogP contribution < -0.4 is 10.0 Å².